The molecule has 1 heterocycles. The molecule has 5 heteroatoms. The predicted octanol–water partition coefficient (Wildman–Crippen LogP) is 1.66. The molecule has 0 unspecified atom stereocenters. The van der Waals surface area contributed by atoms with E-state index in [0.717, 1.165) is 12.6 Å². The lowest BCUT2D eigenvalue weighted by molar-refractivity contribution is 0.594. The van der Waals surface area contributed by atoms with Gasteiger partial charge in [-0.2, -0.15) is 4.98 Å². The van der Waals surface area contributed by atoms with E-state index in [1.807, 2.05) is 0 Å². The summed E-state index contributed by atoms with van der Waals surface area (Å²) in [5, 5.41) is 2.88. The molecule has 0 atom stereocenters. The van der Waals surface area contributed by atoms with Crippen LogP contribution in [0, 0.1) is 11.7 Å². The average Bonchev–Trinajstić information content (AvgIpc) is 2.10. The number of rotatable bonds is 4. The number of hydrogen-bond donors (Lipinski definition) is 2. The maximum absolute atomic E-state index is 13.1. The Bertz CT molecular complexity index is 301. The molecule has 4 nitrogen and oxygen atoms in total. The van der Waals surface area contributed by atoms with Crippen LogP contribution in [0.25, 0.3) is 0 Å². The fourth-order valence-corrected chi connectivity index (χ4v) is 0.984. The van der Waals surface area contributed by atoms with E-state index in [0.29, 0.717) is 12.5 Å². The highest BCUT2D eigenvalue weighted by atomic mass is 19.1. The van der Waals surface area contributed by atoms with Gasteiger partial charge >= 0.3 is 0 Å². The van der Waals surface area contributed by atoms with Crippen LogP contribution < -0.4 is 11.1 Å². The van der Waals surface area contributed by atoms with Gasteiger partial charge in [0.05, 0.1) is 6.20 Å². The molecule has 0 bridgehead atoms. The van der Waals surface area contributed by atoms with Crippen LogP contribution in [0.1, 0.15) is 20.3 Å². The van der Waals surface area contributed by atoms with Crippen LogP contribution in [0.4, 0.5) is 16.2 Å². The topological polar surface area (TPSA) is 63.8 Å². The van der Waals surface area contributed by atoms with E-state index in [1.54, 1.807) is 0 Å². The van der Waals surface area contributed by atoms with Gasteiger partial charge in [0.15, 0.2) is 11.6 Å². The molecule has 0 aliphatic heterocycles. The van der Waals surface area contributed by atoms with Crippen LogP contribution >= 0.6 is 0 Å². The van der Waals surface area contributed by atoms with E-state index in [2.05, 4.69) is 29.1 Å². The Hall–Kier alpha value is -1.39. The minimum Gasteiger partial charge on any atom is -0.368 e. The third kappa shape index (κ3) is 3.16. The Labute approximate surface area is 82.8 Å². The summed E-state index contributed by atoms with van der Waals surface area (Å²) in [6, 6.07) is 0. The number of aromatic nitrogens is 2. The molecule has 0 aromatic carbocycles. The number of nitrogens with one attached hydrogen (secondary N) is 1. The zero-order chi connectivity index (χ0) is 10.6. The molecule has 0 amide bonds. The van der Waals surface area contributed by atoms with Gasteiger partial charge in [-0.3, -0.25) is 0 Å². The van der Waals surface area contributed by atoms with Gasteiger partial charge < -0.3 is 11.1 Å². The van der Waals surface area contributed by atoms with Crippen LogP contribution in [-0.2, 0) is 0 Å². The van der Waals surface area contributed by atoms with Crippen molar-refractivity contribution in [2.24, 2.45) is 5.92 Å². The summed E-state index contributed by atoms with van der Waals surface area (Å²) >= 11 is 0. The molecule has 0 aliphatic carbocycles. The molecule has 0 fully saturated rings. The zero-order valence-electron chi connectivity index (χ0n) is 8.42. The van der Waals surface area contributed by atoms with Gasteiger partial charge in [-0.05, 0) is 12.3 Å². The normalized spacial score (nSPS) is 10.6. The summed E-state index contributed by atoms with van der Waals surface area (Å²) in [4.78, 5) is 7.28. The lowest BCUT2D eigenvalue weighted by atomic mass is 10.1. The Kier molecular flexibility index (Phi) is 3.62. The summed E-state index contributed by atoms with van der Waals surface area (Å²) < 4.78 is 13.1. The van der Waals surface area contributed by atoms with Crippen molar-refractivity contribution in [3.63, 3.8) is 0 Å². The van der Waals surface area contributed by atoms with Crippen molar-refractivity contribution in [2.45, 2.75) is 20.3 Å². The Morgan fingerprint density at radius 3 is 2.93 bits per heavy atom. The van der Waals surface area contributed by atoms with E-state index < -0.39 is 5.82 Å². The lowest BCUT2D eigenvalue weighted by Crippen LogP contribution is -2.09. The van der Waals surface area contributed by atoms with Gasteiger partial charge in [0.2, 0.25) is 5.95 Å². The van der Waals surface area contributed by atoms with E-state index in [4.69, 9.17) is 5.73 Å². The van der Waals surface area contributed by atoms with Gasteiger partial charge in [-0.25, -0.2) is 9.37 Å². The Morgan fingerprint density at radius 2 is 2.29 bits per heavy atom. The van der Waals surface area contributed by atoms with E-state index in [9.17, 15) is 4.39 Å². The molecular formula is C9H15FN4. The Balaban J connectivity index is 2.53. The zero-order valence-corrected chi connectivity index (χ0v) is 8.42. The highest BCUT2D eigenvalue weighted by Gasteiger charge is 2.04. The van der Waals surface area contributed by atoms with Gasteiger partial charge in [-0.1, -0.05) is 13.8 Å². The minimum atomic E-state index is -0.469. The maximum atomic E-state index is 13.1. The van der Waals surface area contributed by atoms with Crippen molar-refractivity contribution in [3.05, 3.63) is 12.0 Å². The van der Waals surface area contributed by atoms with Crippen LogP contribution in [0.15, 0.2) is 6.20 Å². The number of nitrogen functional groups attached to an aromatic ring is 1. The van der Waals surface area contributed by atoms with Gasteiger partial charge in [0.25, 0.3) is 0 Å². The molecule has 1 aromatic rings. The highest BCUT2D eigenvalue weighted by molar-refractivity contribution is 5.38. The standard InChI is InChI=1S/C9H15FN4/c1-6(2)3-4-12-8-7(10)5-13-9(11)14-8/h5-6H,3-4H2,1-2H3,(H3,11,12,13,14). The van der Waals surface area contributed by atoms with E-state index in [1.165, 1.54) is 0 Å². The van der Waals surface area contributed by atoms with E-state index in [-0.39, 0.29) is 11.8 Å². The predicted molar refractivity (Wildman–Crippen MR) is 54.3 cm³/mol. The number of nitrogens with zero attached hydrogens (tertiary/aromatic N) is 2. The molecule has 1 aromatic heterocycles. The van der Waals surface area contributed by atoms with Crippen LogP contribution in [0.3, 0.4) is 0 Å². The van der Waals surface area contributed by atoms with Crippen LogP contribution in [-0.4, -0.2) is 16.5 Å². The second-order valence-electron chi connectivity index (χ2n) is 3.53. The van der Waals surface area contributed by atoms with Crippen molar-refractivity contribution in [2.75, 3.05) is 17.6 Å². The van der Waals surface area contributed by atoms with Gasteiger partial charge in [0, 0.05) is 6.54 Å². The number of anilines is 2. The summed E-state index contributed by atoms with van der Waals surface area (Å²) in [5.41, 5.74) is 5.33. The minimum absolute atomic E-state index is 0.0819. The van der Waals surface area contributed by atoms with Crippen molar-refractivity contribution >= 4 is 11.8 Å². The third-order valence-electron chi connectivity index (χ3n) is 1.78. The number of nitrogens with two attached hydrogens (primary N) is 1. The summed E-state index contributed by atoms with van der Waals surface area (Å²) in [6.45, 7) is 4.89. The molecule has 0 radical (unpaired) electrons. The Morgan fingerprint density at radius 1 is 1.57 bits per heavy atom. The van der Waals surface area contributed by atoms with Crippen molar-refractivity contribution in [1.29, 1.82) is 0 Å². The molecule has 0 saturated heterocycles. The first-order chi connectivity index (χ1) is 6.59. The summed E-state index contributed by atoms with van der Waals surface area (Å²) in [6.07, 6.45) is 2.03. The average molecular weight is 198 g/mol. The van der Waals surface area contributed by atoms with Crippen LogP contribution in [0.5, 0.6) is 0 Å². The fraction of sp³-hybridized carbons (Fsp3) is 0.556. The van der Waals surface area contributed by atoms with E-state index >= 15 is 0 Å². The molecule has 3 N–H and O–H groups in total. The largest absolute Gasteiger partial charge is 0.368 e. The molecule has 0 saturated carbocycles. The first-order valence-corrected chi connectivity index (χ1v) is 4.61. The molecular weight excluding hydrogens is 183 g/mol. The number of hydrogen-bond acceptors (Lipinski definition) is 4. The molecule has 0 spiro atoms. The summed E-state index contributed by atoms with van der Waals surface area (Å²) in [5.74, 6) is 0.365. The van der Waals surface area contributed by atoms with Crippen LogP contribution in [0.2, 0.25) is 0 Å². The second-order valence-corrected chi connectivity index (χ2v) is 3.53. The maximum Gasteiger partial charge on any atom is 0.222 e. The first kappa shape index (κ1) is 10.7. The quantitative estimate of drug-likeness (QED) is 0.772. The van der Waals surface area contributed by atoms with Crippen molar-refractivity contribution < 1.29 is 4.39 Å². The molecule has 14 heavy (non-hydrogen) atoms. The highest BCUT2D eigenvalue weighted by Crippen LogP contribution is 2.10. The molecule has 1 rings (SSSR count). The van der Waals surface area contributed by atoms with Crippen molar-refractivity contribution in [1.82, 2.24) is 9.97 Å². The van der Waals surface area contributed by atoms with Gasteiger partial charge in [0.1, 0.15) is 0 Å². The lowest BCUT2D eigenvalue weighted by Gasteiger charge is -2.08. The smallest absolute Gasteiger partial charge is 0.222 e. The van der Waals surface area contributed by atoms with Gasteiger partial charge in [-0.15, -0.1) is 0 Å². The second kappa shape index (κ2) is 4.74. The fourth-order valence-electron chi connectivity index (χ4n) is 0.984. The number of halogens is 1. The SMILES string of the molecule is CC(C)CCNc1nc(N)ncc1F. The van der Waals surface area contributed by atoms with Crippen molar-refractivity contribution in [3.8, 4) is 0 Å². The molecule has 0 aliphatic rings. The third-order valence-corrected chi connectivity index (χ3v) is 1.78. The molecule has 78 valence electrons. The monoisotopic (exact) mass is 198 g/mol. The first-order valence-electron chi connectivity index (χ1n) is 4.61. The summed E-state index contributed by atoms with van der Waals surface area (Å²) in [7, 11) is 0.